The van der Waals surface area contributed by atoms with Gasteiger partial charge in [-0.1, -0.05) is 48.5 Å². The van der Waals surface area contributed by atoms with Crippen LogP contribution in [-0.2, 0) is 20.9 Å². The maximum absolute atomic E-state index is 11.9. The number of aliphatic imine (C=N–C) groups is 1. The Balaban J connectivity index is 1.34. The Morgan fingerprint density at radius 1 is 0.958 bits per heavy atom. The molecule has 0 radical (unpaired) electrons. The highest BCUT2D eigenvalue weighted by Crippen LogP contribution is 2.17. The molecular formula is C20H21NO3. The minimum Gasteiger partial charge on any atom is -0.464 e. The standard InChI is InChI=1S/C20H21NO3/c22-19-18(24-20(21-19)17-11-5-2-6-12-17)13-7-8-14-23-15-16-9-3-1-4-10-16/h1-6,9-12,18H,7-8,13-15H2. The second kappa shape index (κ2) is 8.41. The first-order valence-corrected chi connectivity index (χ1v) is 8.29. The third-order valence-electron chi connectivity index (χ3n) is 3.88. The van der Waals surface area contributed by atoms with Crippen molar-refractivity contribution in [3.63, 3.8) is 0 Å². The number of hydrogen-bond donors (Lipinski definition) is 0. The maximum Gasteiger partial charge on any atom is 0.290 e. The van der Waals surface area contributed by atoms with Crippen LogP contribution in [0.5, 0.6) is 0 Å². The van der Waals surface area contributed by atoms with E-state index in [1.807, 2.05) is 60.7 Å². The van der Waals surface area contributed by atoms with Crippen LogP contribution in [0.1, 0.15) is 30.4 Å². The molecule has 4 nitrogen and oxygen atoms in total. The summed E-state index contributed by atoms with van der Waals surface area (Å²) >= 11 is 0. The lowest BCUT2D eigenvalue weighted by Gasteiger charge is -2.10. The number of hydrogen-bond acceptors (Lipinski definition) is 3. The predicted octanol–water partition coefficient (Wildman–Crippen LogP) is 3.75. The van der Waals surface area contributed by atoms with Crippen LogP contribution in [-0.4, -0.2) is 24.5 Å². The molecule has 2 aromatic rings. The third kappa shape index (κ3) is 4.52. The minimum atomic E-state index is -0.450. The SMILES string of the molecule is O=C1N=C(c2ccccc2)OC1CCCCOCc1ccccc1. The largest absolute Gasteiger partial charge is 0.464 e. The second-order valence-electron chi connectivity index (χ2n) is 5.76. The van der Waals surface area contributed by atoms with Gasteiger partial charge in [-0.3, -0.25) is 4.79 Å². The molecule has 0 saturated carbocycles. The first kappa shape index (κ1) is 16.4. The van der Waals surface area contributed by atoms with Crippen LogP contribution in [0, 0.1) is 0 Å². The Bertz CT molecular complexity index is 683. The fourth-order valence-corrected chi connectivity index (χ4v) is 2.58. The van der Waals surface area contributed by atoms with Crippen molar-refractivity contribution in [1.29, 1.82) is 0 Å². The number of ether oxygens (including phenoxy) is 2. The lowest BCUT2D eigenvalue weighted by atomic mass is 10.1. The number of carbonyl (C=O) groups excluding carboxylic acids is 1. The molecule has 0 spiro atoms. The van der Waals surface area contributed by atoms with Gasteiger partial charge in [-0.25, -0.2) is 0 Å². The van der Waals surface area contributed by atoms with Crippen LogP contribution >= 0.6 is 0 Å². The van der Waals surface area contributed by atoms with Crippen molar-refractivity contribution in [2.45, 2.75) is 32.0 Å². The van der Waals surface area contributed by atoms with Gasteiger partial charge in [0, 0.05) is 12.2 Å². The van der Waals surface area contributed by atoms with E-state index in [0.717, 1.165) is 18.4 Å². The monoisotopic (exact) mass is 323 g/mol. The van der Waals surface area contributed by atoms with E-state index in [2.05, 4.69) is 4.99 Å². The quantitative estimate of drug-likeness (QED) is 0.695. The van der Waals surface area contributed by atoms with E-state index < -0.39 is 6.10 Å². The van der Waals surface area contributed by atoms with Crippen molar-refractivity contribution in [1.82, 2.24) is 0 Å². The highest BCUT2D eigenvalue weighted by molar-refractivity contribution is 6.07. The summed E-state index contributed by atoms with van der Waals surface area (Å²) < 4.78 is 11.3. The molecule has 1 unspecified atom stereocenters. The summed E-state index contributed by atoms with van der Waals surface area (Å²) in [4.78, 5) is 15.9. The number of nitrogens with zero attached hydrogens (tertiary/aromatic N) is 1. The Hall–Kier alpha value is -2.46. The van der Waals surface area contributed by atoms with Crippen molar-refractivity contribution in [3.05, 3.63) is 71.8 Å². The van der Waals surface area contributed by atoms with E-state index >= 15 is 0 Å². The van der Waals surface area contributed by atoms with Gasteiger partial charge in [0.25, 0.3) is 5.91 Å². The van der Waals surface area contributed by atoms with E-state index in [-0.39, 0.29) is 5.91 Å². The number of rotatable bonds is 8. The molecule has 1 atom stereocenters. The van der Waals surface area contributed by atoms with Crippen molar-refractivity contribution in [3.8, 4) is 0 Å². The maximum atomic E-state index is 11.9. The molecule has 0 N–H and O–H groups in total. The molecule has 4 heteroatoms. The molecule has 24 heavy (non-hydrogen) atoms. The minimum absolute atomic E-state index is 0.181. The Kier molecular flexibility index (Phi) is 5.75. The molecule has 1 aliphatic heterocycles. The van der Waals surface area contributed by atoms with Crippen LogP contribution in [0.4, 0.5) is 0 Å². The van der Waals surface area contributed by atoms with Gasteiger partial charge in [0.2, 0.25) is 5.90 Å². The van der Waals surface area contributed by atoms with E-state index in [0.29, 0.717) is 25.5 Å². The third-order valence-corrected chi connectivity index (χ3v) is 3.88. The summed E-state index contributed by atoms with van der Waals surface area (Å²) in [6.45, 7) is 1.31. The molecular weight excluding hydrogens is 302 g/mol. The topological polar surface area (TPSA) is 47.9 Å². The molecule has 2 aromatic carbocycles. The van der Waals surface area contributed by atoms with Crippen LogP contribution in [0.2, 0.25) is 0 Å². The summed E-state index contributed by atoms with van der Waals surface area (Å²) in [7, 11) is 0. The summed E-state index contributed by atoms with van der Waals surface area (Å²) in [6, 6.07) is 19.6. The number of carbonyl (C=O) groups is 1. The molecule has 1 heterocycles. The second-order valence-corrected chi connectivity index (χ2v) is 5.76. The lowest BCUT2D eigenvalue weighted by molar-refractivity contribution is -0.122. The molecule has 0 aliphatic carbocycles. The van der Waals surface area contributed by atoms with Gasteiger partial charge in [-0.15, -0.1) is 0 Å². The first-order chi connectivity index (χ1) is 11.8. The van der Waals surface area contributed by atoms with Crippen LogP contribution in [0.3, 0.4) is 0 Å². The zero-order valence-corrected chi connectivity index (χ0v) is 13.6. The van der Waals surface area contributed by atoms with E-state index in [9.17, 15) is 4.79 Å². The molecule has 0 saturated heterocycles. The summed E-state index contributed by atoms with van der Waals surface area (Å²) in [5, 5.41) is 0. The van der Waals surface area contributed by atoms with Crippen LogP contribution in [0.25, 0.3) is 0 Å². The van der Waals surface area contributed by atoms with Gasteiger partial charge in [-0.05, 0) is 37.0 Å². The average molecular weight is 323 g/mol. The zero-order valence-electron chi connectivity index (χ0n) is 13.6. The van der Waals surface area contributed by atoms with Crippen molar-refractivity contribution in [2.75, 3.05) is 6.61 Å². The molecule has 1 amide bonds. The summed E-state index contributed by atoms with van der Waals surface area (Å²) in [5.41, 5.74) is 2.02. The molecule has 0 aromatic heterocycles. The Morgan fingerprint density at radius 3 is 2.42 bits per heavy atom. The molecule has 124 valence electrons. The van der Waals surface area contributed by atoms with Gasteiger partial charge < -0.3 is 9.47 Å². The summed E-state index contributed by atoms with van der Waals surface area (Å²) in [5.74, 6) is 0.255. The number of amides is 1. The fourth-order valence-electron chi connectivity index (χ4n) is 2.58. The molecule has 1 aliphatic rings. The normalized spacial score (nSPS) is 16.8. The number of unbranched alkanes of at least 4 members (excludes halogenated alkanes) is 1. The van der Waals surface area contributed by atoms with E-state index in [1.165, 1.54) is 5.56 Å². The van der Waals surface area contributed by atoms with E-state index in [4.69, 9.17) is 9.47 Å². The smallest absolute Gasteiger partial charge is 0.290 e. The van der Waals surface area contributed by atoms with Crippen molar-refractivity contribution >= 4 is 11.8 Å². The Labute approximate surface area is 142 Å². The lowest BCUT2D eigenvalue weighted by Crippen LogP contribution is -2.18. The van der Waals surface area contributed by atoms with Crippen LogP contribution < -0.4 is 0 Å². The van der Waals surface area contributed by atoms with Gasteiger partial charge in [0.15, 0.2) is 6.10 Å². The van der Waals surface area contributed by atoms with Gasteiger partial charge in [0.1, 0.15) is 0 Å². The van der Waals surface area contributed by atoms with Gasteiger partial charge >= 0.3 is 0 Å². The fraction of sp³-hybridized carbons (Fsp3) is 0.300. The average Bonchev–Trinajstić information content (AvgIpc) is 3.00. The van der Waals surface area contributed by atoms with Gasteiger partial charge in [0.05, 0.1) is 6.61 Å². The first-order valence-electron chi connectivity index (χ1n) is 8.29. The zero-order chi connectivity index (χ0) is 16.6. The van der Waals surface area contributed by atoms with Gasteiger partial charge in [-0.2, -0.15) is 4.99 Å². The van der Waals surface area contributed by atoms with Crippen LogP contribution in [0.15, 0.2) is 65.7 Å². The molecule has 0 fully saturated rings. The Morgan fingerprint density at radius 2 is 1.67 bits per heavy atom. The summed E-state index contributed by atoms with van der Waals surface area (Å²) in [6.07, 6.45) is 2.01. The van der Waals surface area contributed by atoms with Crippen molar-refractivity contribution in [2.24, 2.45) is 4.99 Å². The predicted molar refractivity (Wildman–Crippen MR) is 92.8 cm³/mol. The molecule has 3 rings (SSSR count). The highest BCUT2D eigenvalue weighted by Gasteiger charge is 2.28. The van der Waals surface area contributed by atoms with E-state index in [1.54, 1.807) is 0 Å². The molecule has 0 bridgehead atoms. The van der Waals surface area contributed by atoms with Crippen molar-refractivity contribution < 1.29 is 14.3 Å². The number of benzene rings is 2. The highest BCUT2D eigenvalue weighted by atomic mass is 16.5.